The van der Waals surface area contributed by atoms with Crippen molar-refractivity contribution >= 4 is 5.96 Å². The molecule has 0 saturated heterocycles. The van der Waals surface area contributed by atoms with Gasteiger partial charge in [-0.25, -0.2) is 0 Å². The lowest BCUT2D eigenvalue weighted by atomic mass is 10.1. The molecule has 132 valence electrons. The minimum Gasteiger partial charge on any atom is -0.356 e. The van der Waals surface area contributed by atoms with Gasteiger partial charge in [0.1, 0.15) is 0 Å². The first kappa shape index (κ1) is 18.0. The Balaban J connectivity index is 1.93. The zero-order chi connectivity index (χ0) is 17.7. The van der Waals surface area contributed by atoms with E-state index in [1.54, 1.807) is 7.05 Å². The molecule has 0 fully saturated rings. The summed E-state index contributed by atoms with van der Waals surface area (Å²) in [6.45, 7) is 7.56. The maximum atomic E-state index is 5.12. The van der Waals surface area contributed by atoms with Crippen LogP contribution in [0.4, 0.5) is 0 Å². The zero-order valence-corrected chi connectivity index (χ0v) is 15.4. The fraction of sp³-hybridized carbons (Fsp3) is 0.625. The van der Waals surface area contributed by atoms with Crippen molar-refractivity contribution in [1.29, 1.82) is 0 Å². The van der Waals surface area contributed by atoms with Crippen molar-refractivity contribution in [2.75, 3.05) is 20.6 Å². The van der Waals surface area contributed by atoms with Crippen molar-refractivity contribution in [2.24, 2.45) is 12.0 Å². The molecule has 2 aromatic heterocycles. The highest BCUT2D eigenvalue weighted by molar-refractivity contribution is 5.79. The average molecular weight is 333 g/mol. The molecular weight excluding hydrogens is 306 g/mol. The van der Waals surface area contributed by atoms with Gasteiger partial charge in [0.25, 0.3) is 0 Å². The molecule has 0 aliphatic heterocycles. The van der Waals surface area contributed by atoms with E-state index in [2.05, 4.69) is 50.5 Å². The van der Waals surface area contributed by atoms with Gasteiger partial charge in [0.15, 0.2) is 11.8 Å². The number of nitrogens with zero attached hydrogens (tertiary/aromatic N) is 6. The Morgan fingerprint density at radius 3 is 2.79 bits per heavy atom. The first-order valence-electron chi connectivity index (χ1n) is 8.14. The summed E-state index contributed by atoms with van der Waals surface area (Å²) in [4.78, 5) is 10.6. The highest BCUT2D eigenvalue weighted by Gasteiger charge is 2.15. The number of nitrogens with one attached hydrogen (secondary N) is 1. The van der Waals surface area contributed by atoms with E-state index in [0.717, 1.165) is 18.2 Å². The highest BCUT2D eigenvalue weighted by atomic mass is 16.5. The van der Waals surface area contributed by atoms with Gasteiger partial charge in [-0.3, -0.25) is 9.67 Å². The molecule has 2 rings (SSSR count). The predicted molar refractivity (Wildman–Crippen MR) is 92.9 cm³/mol. The molecule has 8 nitrogen and oxygen atoms in total. The summed E-state index contributed by atoms with van der Waals surface area (Å²) in [6.07, 6.45) is 2.73. The second-order valence-corrected chi connectivity index (χ2v) is 6.18. The number of aromatic nitrogens is 4. The first-order chi connectivity index (χ1) is 11.4. The minimum atomic E-state index is 0.394. The van der Waals surface area contributed by atoms with E-state index in [9.17, 15) is 0 Å². The standard InChI is InChI=1S/C16H27N7O/c1-11(2)15-13(10-23(6)20-15)9-22(5)16(17-4)18-8-7-14-19-12(3)21-24-14/h10-11H,7-9H2,1-6H3,(H,17,18). The summed E-state index contributed by atoms with van der Waals surface area (Å²) in [5.41, 5.74) is 2.34. The van der Waals surface area contributed by atoms with Crippen molar-refractivity contribution in [3.05, 3.63) is 29.2 Å². The van der Waals surface area contributed by atoms with Gasteiger partial charge in [-0.1, -0.05) is 19.0 Å². The first-order valence-corrected chi connectivity index (χ1v) is 8.14. The maximum absolute atomic E-state index is 5.12. The number of aryl methyl sites for hydroxylation is 2. The number of rotatable bonds is 6. The summed E-state index contributed by atoms with van der Waals surface area (Å²) >= 11 is 0. The molecule has 0 aliphatic carbocycles. The van der Waals surface area contributed by atoms with Gasteiger partial charge in [0, 0.05) is 52.4 Å². The molecule has 0 aromatic carbocycles. The Morgan fingerprint density at radius 2 is 2.21 bits per heavy atom. The topological polar surface area (TPSA) is 84.4 Å². The monoisotopic (exact) mass is 333 g/mol. The minimum absolute atomic E-state index is 0.394. The molecule has 0 amide bonds. The second-order valence-electron chi connectivity index (χ2n) is 6.18. The number of hydrogen-bond donors (Lipinski definition) is 1. The van der Waals surface area contributed by atoms with Gasteiger partial charge >= 0.3 is 0 Å². The van der Waals surface area contributed by atoms with Gasteiger partial charge < -0.3 is 14.7 Å². The molecule has 8 heteroatoms. The van der Waals surface area contributed by atoms with Gasteiger partial charge in [0.05, 0.1) is 5.69 Å². The van der Waals surface area contributed by atoms with Crippen molar-refractivity contribution in [3.63, 3.8) is 0 Å². The van der Waals surface area contributed by atoms with Crippen molar-refractivity contribution < 1.29 is 4.52 Å². The second kappa shape index (κ2) is 7.94. The molecule has 0 saturated carbocycles. The van der Waals surface area contributed by atoms with E-state index in [-0.39, 0.29) is 0 Å². The van der Waals surface area contributed by atoms with E-state index < -0.39 is 0 Å². The summed E-state index contributed by atoms with van der Waals surface area (Å²) < 4.78 is 6.98. The summed E-state index contributed by atoms with van der Waals surface area (Å²) in [5.74, 6) is 2.51. The van der Waals surface area contributed by atoms with Crippen LogP contribution >= 0.6 is 0 Å². The average Bonchev–Trinajstić information content (AvgIpc) is 3.09. The van der Waals surface area contributed by atoms with Crippen LogP contribution in [-0.4, -0.2) is 51.4 Å². The Morgan fingerprint density at radius 1 is 1.46 bits per heavy atom. The third-order valence-electron chi connectivity index (χ3n) is 3.66. The molecule has 2 aromatic rings. The lowest BCUT2D eigenvalue weighted by Crippen LogP contribution is -2.39. The fourth-order valence-electron chi connectivity index (χ4n) is 2.60. The Hall–Kier alpha value is -2.38. The van der Waals surface area contributed by atoms with Crippen LogP contribution in [0.25, 0.3) is 0 Å². The van der Waals surface area contributed by atoms with E-state index in [1.165, 1.54) is 5.56 Å². The molecule has 2 heterocycles. The lowest BCUT2D eigenvalue weighted by molar-refractivity contribution is 0.373. The molecule has 0 unspecified atom stereocenters. The van der Waals surface area contributed by atoms with Crippen LogP contribution in [0.3, 0.4) is 0 Å². The van der Waals surface area contributed by atoms with Crippen LogP contribution in [0, 0.1) is 6.92 Å². The molecule has 0 aliphatic rings. The Labute approximate surface area is 143 Å². The molecule has 0 bridgehead atoms. The smallest absolute Gasteiger partial charge is 0.228 e. The van der Waals surface area contributed by atoms with Crippen LogP contribution in [0.1, 0.15) is 42.7 Å². The van der Waals surface area contributed by atoms with Crippen molar-refractivity contribution in [2.45, 2.75) is 39.7 Å². The van der Waals surface area contributed by atoms with Crippen molar-refractivity contribution in [1.82, 2.24) is 30.1 Å². The summed E-state index contributed by atoms with van der Waals surface area (Å²) in [6, 6.07) is 0. The molecule has 0 spiro atoms. The largest absolute Gasteiger partial charge is 0.356 e. The van der Waals surface area contributed by atoms with Crippen molar-refractivity contribution in [3.8, 4) is 0 Å². The Kier molecular flexibility index (Phi) is 5.94. The molecule has 1 N–H and O–H groups in total. The highest BCUT2D eigenvalue weighted by Crippen LogP contribution is 2.18. The third-order valence-corrected chi connectivity index (χ3v) is 3.66. The molecular formula is C16H27N7O. The van der Waals surface area contributed by atoms with Gasteiger partial charge in [-0.2, -0.15) is 10.1 Å². The van der Waals surface area contributed by atoms with E-state index in [1.807, 2.05) is 25.7 Å². The van der Waals surface area contributed by atoms with Crippen LogP contribution in [-0.2, 0) is 20.0 Å². The quantitative estimate of drug-likeness (QED) is 0.637. The molecule has 24 heavy (non-hydrogen) atoms. The van der Waals surface area contributed by atoms with Crippen LogP contribution < -0.4 is 5.32 Å². The molecule has 0 radical (unpaired) electrons. The number of aliphatic imine (C=N–C) groups is 1. The van der Waals surface area contributed by atoms with E-state index in [4.69, 9.17) is 4.52 Å². The molecule has 0 atom stereocenters. The van der Waals surface area contributed by atoms with Gasteiger partial charge in [-0.05, 0) is 12.8 Å². The zero-order valence-electron chi connectivity index (χ0n) is 15.4. The Bertz CT molecular complexity index is 686. The fourth-order valence-corrected chi connectivity index (χ4v) is 2.60. The third kappa shape index (κ3) is 4.56. The van der Waals surface area contributed by atoms with E-state index >= 15 is 0 Å². The maximum Gasteiger partial charge on any atom is 0.228 e. The van der Waals surface area contributed by atoms with Crippen LogP contribution in [0.15, 0.2) is 15.7 Å². The van der Waals surface area contributed by atoms with E-state index in [0.29, 0.717) is 30.6 Å². The normalized spacial score (nSPS) is 12.0. The SMILES string of the molecule is CN=C(NCCc1nc(C)no1)N(C)Cc1cn(C)nc1C(C)C. The summed E-state index contributed by atoms with van der Waals surface area (Å²) in [5, 5.41) is 11.7. The van der Waals surface area contributed by atoms with Crippen LogP contribution in [0.2, 0.25) is 0 Å². The van der Waals surface area contributed by atoms with Gasteiger partial charge in [0.2, 0.25) is 5.89 Å². The van der Waals surface area contributed by atoms with Gasteiger partial charge in [-0.15, -0.1) is 0 Å². The number of hydrogen-bond acceptors (Lipinski definition) is 5. The lowest BCUT2D eigenvalue weighted by Gasteiger charge is -2.22. The summed E-state index contributed by atoms with van der Waals surface area (Å²) in [7, 11) is 5.75. The van der Waals surface area contributed by atoms with Crippen LogP contribution in [0.5, 0.6) is 0 Å². The number of guanidine groups is 1. The predicted octanol–water partition coefficient (Wildman–Crippen LogP) is 1.48.